The molecule has 26 heavy (non-hydrogen) atoms. The van der Waals surface area contributed by atoms with Crippen molar-refractivity contribution in [1.29, 1.82) is 0 Å². The average molecular weight is 374 g/mol. The second kappa shape index (κ2) is 8.35. The Kier molecular flexibility index (Phi) is 5.92. The molecule has 0 radical (unpaired) electrons. The number of thioether (sulfide) groups is 1. The van der Waals surface area contributed by atoms with Crippen LogP contribution < -0.4 is 15.6 Å². The molecular formula is C18H22N4O3S. The van der Waals surface area contributed by atoms with Gasteiger partial charge in [-0.2, -0.15) is 0 Å². The number of hydrogen-bond donors (Lipinski definition) is 2. The summed E-state index contributed by atoms with van der Waals surface area (Å²) in [5.74, 6) is 0.436. The van der Waals surface area contributed by atoms with E-state index >= 15 is 0 Å². The van der Waals surface area contributed by atoms with E-state index in [9.17, 15) is 9.59 Å². The van der Waals surface area contributed by atoms with Crippen molar-refractivity contribution < 1.29 is 9.53 Å². The van der Waals surface area contributed by atoms with Crippen molar-refractivity contribution in [1.82, 2.24) is 20.3 Å². The van der Waals surface area contributed by atoms with E-state index in [0.29, 0.717) is 5.16 Å². The van der Waals surface area contributed by atoms with Crippen LogP contribution in [0.1, 0.15) is 41.7 Å². The second-order valence-corrected chi connectivity index (χ2v) is 7.08. The minimum absolute atomic E-state index is 0.0389. The maximum atomic E-state index is 12.3. The van der Waals surface area contributed by atoms with Crippen LogP contribution in [0.3, 0.4) is 0 Å². The first-order valence-corrected chi connectivity index (χ1v) is 9.81. The maximum Gasteiger partial charge on any atom is 0.264 e. The number of aryl methyl sites for hydroxylation is 1. The molecule has 1 aliphatic carbocycles. The molecule has 1 amide bonds. The summed E-state index contributed by atoms with van der Waals surface area (Å²) < 4.78 is 6.03. The predicted octanol–water partition coefficient (Wildman–Crippen LogP) is 2.32. The summed E-state index contributed by atoms with van der Waals surface area (Å²) in [6.07, 6.45) is 8.33. The fraction of sp³-hybridized carbons (Fsp3) is 0.444. The summed E-state index contributed by atoms with van der Waals surface area (Å²) in [6.45, 7) is 1.93. The summed E-state index contributed by atoms with van der Waals surface area (Å²) in [6, 6.07) is 3.83. The molecule has 1 aliphatic rings. The van der Waals surface area contributed by atoms with Crippen molar-refractivity contribution in [3.63, 3.8) is 0 Å². The normalized spacial score (nSPS) is 19.8. The smallest absolute Gasteiger partial charge is 0.264 e. The summed E-state index contributed by atoms with van der Waals surface area (Å²) in [4.78, 5) is 35.2. The zero-order valence-electron chi connectivity index (χ0n) is 14.8. The number of nitrogens with zero attached hydrogens (tertiary/aromatic N) is 2. The van der Waals surface area contributed by atoms with Crippen molar-refractivity contribution in [2.24, 2.45) is 0 Å². The highest BCUT2D eigenvalue weighted by Crippen LogP contribution is 2.25. The summed E-state index contributed by atoms with van der Waals surface area (Å²) in [7, 11) is 0. The summed E-state index contributed by atoms with van der Waals surface area (Å²) in [5.41, 5.74) is 0.515. The minimum Gasteiger partial charge on any atom is -0.489 e. The minimum atomic E-state index is -0.411. The van der Waals surface area contributed by atoms with Gasteiger partial charge in [0.1, 0.15) is 11.3 Å². The van der Waals surface area contributed by atoms with Crippen molar-refractivity contribution in [3.8, 4) is 5.75 Å². The third-order valence-electron chi connectivity index (χ3n) is 4.48. The summed E-state index contributed by atoms with van der Waals surface area (Å²) in [5, 5.41) is 3.43. The Morgan fingerprint density at radius 2 is 2.08 bits per heavy atom. The monoisotopic (exact) mass is 374 g/mol. The molecule has 8 heteroatoms. The number of aromatic amines is 1. The number of carbonyl (C=O) groups excluding carboxylic acids is 1. The van der Waals surface area contributed by atoms with Crippen LogP contribution in [0.2, 0.25) is 0 Å². The number of ether oxygens (including phenoxy) is 1. The number of amides is 1. The largest absolute Gasteiger partial charge is 0.489 e. The number of hydrogen-bond acceptors (Lipinski definition) is 6. The lowest BCUT2D eigenvalue weighted by Gasteiger charge is -2.29. The van der Waals surface area contributed by atoms with Gasteiger partial charge in [0.2, 0.25) is 0 Å². The third kappa shape index (κ3) is 4.43. The topological polar surface area (TPSA) is 97.0 Å². The van der Waals surface area contributed by atoms with E-state index in [1.807, 2.05) is 25.3 Å². The lowest BCUT2D eigenvalue weighted by molar-refractivity contribution is 0.0891. The molecule has 1 fully saturated rings. The molecule has 3 rings (SSSR count). The Labute approximate surface area is 156 Å². The van der Waals surface area contributed by atoms with Crippen molar-refractivity contribution in [2.75, 3.05) is 6.26 Å². The van der Waals surface area contributed by atoms with Gasteiger partial charge < -0.3 is 15.0 Å². The van der Waals surface area contributed by atoms with Crippen LogP contribution in [0.15, 0.2) is 34.5 Å². The van der Waals surface area contributed by atoms with Crippen LogP contribution in [0.25, 0.3) is 0 Å². The Balaban J connectivity index is 1.53. The lowest BCUT2D eigenvalue weighted by atomic mass is 9.92. The van der Waals surface area contributed by atoms with Gasteiger partial charge in [-0.15, -0.1) is 0 Å². The number of carbonyl (C=O) groups is 1. The van der Waals surface area contributed by atoms with Crippen LogP contribution in [-0.2, 0) is 0 Å². The molecule has 0 bridgehead atoms. The quantitative estimate of drug-likeness (QED) is 0.616. The van der Waals surface area contributed by atoms with Crippen LogP contribution in [0, 0.1) is 6.92 Å². The van der Waals surface area contributed by atoms with E-state index in [2.05, 4.69) is 20.3 Å². The molecule has 2 heterocycles. The van der Waals surface area contributed by atoms with Crippen LogP contribution in [0.5, 0.6) is 5.75 Å². The molecule has 0 aliphatic heterocycles. The van der Waals surface area contributed by atoms with E-state index in [1.165, 1.54) is 18.0 Å². The molecule has 0 atom stereocenters. The first-order chi connectivity index (χ1) is 12.6. The maximum absolute atomic E-state index is 12.3. The zero-order valence-corrected chi connectivity index (χ0v) is 15.6. The Bertz CT molecular complexity index is 831. The van der Waals surface area contributed by atoms with Crippen molar-refractivity contribution in [2.45, 2.75) is 49.9 Å². The molecule has 0 spiro atoms. The number of rotatable bonds is 5. The number of pyridine rings is 1. The lowest BCUT2D eigenvalue weighted by Crippen LogP contribution is -2.41. The highest BCUT2D eigenvalue weighted by atomic mass is 32.2. The van der Waals surface area contributed by atoms with Gasteiger partial charge >= 0.3 is 0 Å². The van der Waals surface area contributed by atoms with Crippen molar-refractivity contribution >= 4 is 17.7 Å². The van der Waals surface area contributed by atoms with E-state index in [-0.39, 0.29) is 23.6 Å². The van der Waals surface area contributed by atoms with E-state index < -0.39 is 5.56 Å². The van der Waals surface area contributed by atoms with Gasteiger partial charge in [-0.05, 0) is 51.0 Å². The van der Waals surface area contributed by atoms with Gasteiger partial charge in [-0.1, -0.05) is 11.8 Å². The fourth-order valence-corrected chi connectivity index (χ4v) is 3.36. The number of nitrogens with one attached hydrogen (secondary N) is 2. The molecule has 0 aromatic carbocycles. The molecule has 7 nitrogen and oxygen atoms in total. The highest BCUT2D eigenvalue weighted by Gasteiger charge is 2.25. The first kappa shape index (κ1) is 18.4. The molecule has 2 aromatic rings. The van der Waals surface area contributed by atoms with Gasteiger partial charge in [0, 0.05) is 18.4 Å². The predicted molar refractivity (Wildman–Crippen MR) is 99.8 cm³/mol. The van der Waals surface area contributed by atoms with Gasteiger partial charge in [0.25, 0.3) is 11.5 Å². The molecular weight excluding hydrogens is 352 g/mol. The van der Waals surface area contributed by atoms with Gasteiger partial charge in [0.15, 0.2) is 5.16 Å². The Morgan fingerprint density at radius 1 is 1.31 bits per heavy atom. The third-order valence-corrected chi connectivity index (χ3v) is 5.07. The van der Waals surface area contributed by atoms with Crippen molar-refractivity contribution in [3.05, 3.63) is 46.1 Å². The molecule has 1 saturated carbocycles. The number of H-pyrrole nitrogens is 1. The van der Waals surface area contributed by atoms with Gasteiger partial charge in [0.05, 0.1) is 11.8 Å². The fourth-order valence-electron chi connectivity index (χ4n) is 3.01. The van der Waals surface area contributed by atoms with E-state index in [4.69, 9.17) is 4.74 Å². The molecule has 2 N–H and O–H groups in total. The van der Waals surface area contributed by atoms with Crippen LogP contribution >= 0.6 is 11.8 Å². The molecule has 0 saturated heterocycles. The molecule has 0 unspecified atom stereocenters. The zero-order chi connectivity index (χ0) is 18.5. The average Bonchev–Trinajstić information content (AvgIpc) is 2.65. The second-order valence-electron chi connectivity index (χ2n) is 6.29. The SMILES string of the molecule is CSc1ncc(C(=O)NC2CCC(Oc3cccnc3C)CC2)c(=O)[nH]1. The Morgan fingerprint density at radius 3 is 2.73 bits per heavy atom. The van der Waals surface area contributed by atoms with Crippen LogP contribution in [0.4, 0.5) is 0 Å². The van der Waals surface area contributed by atoms with Gasteiger partial charge in [-0.3, -0.25) is 14.6 Å². The van der Waals surface area contributed by atoms with Crippen LogP contribution in [-0.4, -0.2) is 39.3 Å². The summed E-state index contributed by atoms with van der Waals surface area (Å²) >= 11 is 1.32. The van der Waals surface area contributed by atoms with E-state index in [0.717, 1.165) is 37.1 Å². The standard InChI is InChI=1S/C18H22N4O3S/c1-11-15(4-3-9-19-11)25-13-7-5-12(6-8-13)21-16(23)14-10-20-18(26-2)22-17(14)24/h3-4,9-10,12-13H,5-8H2,1-2H3,(H,21,23)(H,20,22,24). The number of aromatic nitrogens is 3. The van der Waals surface area contributed by atoms with Gasteiger partial charge in [-0.25, -0.2) is 4.98 Å². The Hall–Kier alpha value is -2.35. The first-order valence-electron chi connectivity index (χ1n) is 8.59. The highest BCUT2D eigenvalue weighted by molar-refractivity contribution is 7.98. The molecule has 138 valence electrons. The van der Waals surface area contributed by atoms with E-state index in [1.54, 1.807) is 6.20 Å². The molecule has 2 aromatic heterocycles.